The number of aliphatic hydroxyl groups excluding tert-OH is 1. The first-order chi connectivity index (χ1) is 8.65. The van der Waals surface area contributed by atoms with Crippen LogP contribution >= 0.6 is 11.8 Å². The van der Waals surface area contributed by atoms with Crippen LogP contribution in [-0.4, -0.2) is 10.1 Å². The van der Waals surface area contributed by atoms with E-state index < -0.39 is 6.10 Å². The molecule has 1 aromatic heterocycles. The number of rotatable bonds is 4. The van der Waals surface area contributed by atoms with Crippen LogP contribution in [0.1, 0.15) is 29.7 Å². The van der Waals surface area contributed by atoms with Crippen molar-refractivity contribution in [1.29, 1.82) is 0 Å². The van der Waals surface area contributed by atoms with Gasteiger partial charge in [-0.1, -0.05) is 18.2 Å². The Morgan fingerprint density at radius 1 is 1.28 bits per heavy atom. The standard InChI is InChI=1S/C15H17NOS/c1-11-6-13(9-16-8-11)10-18-15-5-3-4-14(7-15)12(2)17/h3-9,12,17H,10H2,1-2H3. The molecule has 0 aliphatic rings. The van der Waals surface area contributed by atoms with Crippen molar-refractivity contribution in [3.63, 3.8) is 0 Å². The van der Waals surface area contributed by atoms with Crippen LogP contribution < -0.4 is 0 Å². The van der Waals surface area contributed by atoms with Gasteiger partial charge in [0.1, 0.15) is 0 Å². The summed E-state index contributed by atoms with van der Waals surface area (Å²) in [7, 11) is 0. The van der Waals surface area contributed by atoms with Crippen molar-refractivity contribution >= 4 is 11.8 Å². The molecule has 0 bridgehead atoms. The average molecular weight is 259 g/mol. The number of aromatic nitrogens is 1. The lowest BCUT2D eigenvalue weighted by Crippen LogP contribution is -1.90. The minimum absolute atomic E-state index is 0.411. The second-order valence-corrected chi connectivity index (χ2v) is 5.46. The second kappa shape index (κ2) is 6.03. The molecule has 0 saturated carbocycles. The topological polar surface area (TPSA) is 33.1 Å². The Kier molecular flexibility index (Phi) is 4.39. The molecule has 1 heterocycles. The predicted octanol–water partition coefficient (Wildman–Crippen LogP) is 3.74. The molecule has 1 N–H and O–H groups in total. The highest BCUT2D eigenvalue weighted by molar-refractivity contribution is 7.98. The van der Waals surface area contributed by atoms with Crippen molar-refractivity contribution in [3.05, 3.63) is 59.4 Å². The molecule has 0 radical (unpaired) electrons. The third kappa shape index (κ3) is 3.59. The van der Waals surface area contributed by atoms with Crippen LogP contribution in [0.25, 0.3) is 0 Å². The number of pyridine rings is 1. The highest BCUT2D eigenvalue weighted by atomic mass is 32.2. The van der Waals surface area contributed by atoms with Crippen LogP contribution in [0.3, 0.4) is 0 Å². The Hall–Kier alpha value is -1.32. The lowest BCUT2D eigenvalue weighted by Gasteiger charge is -2.07. The van der Waals surface area contributed by atoms with Gasteiger partial charge < -0.3 is 5.11 Å². The van der Waals surface area contributed by atoms with Crippen LogP contribution in [-0.2, 0) is 5.75 Å². The van der Waals surface area contributed by atoms with E-state index in [1.807, 2.05) is 30.6 Å². The van der Waals surface area contributed by atoms with Crippen LogP contribution in [0.15, 0.2) is 47.6 Å². The van der Waals surface area contributed by atoms with Gasteiger partial charge in [0.05, 0.1) is 6.10 Å². The fraction of sp³-hybridized carbons (Fsp3) is 0.267. The quantitative estimate of drug-likeness (QED) is 0.849. The monoisotopic (exact) mass is 259 g/mol. The summed E-state index contributed by atoms with van der Waals surface area (Å²) < 4.78 is 0. The van der Waals surface area contributed by atoms with Gasteiger partial charge in [-0.05, 0) is 42.7 Å². The molecule has 1 unspecified atom stereocenters. The SMILES string of the molecule is Cc1cncc(CSc2cccc(C(C)O)c2)c1. The van der Waals surface area contributed by atoms with E-state index in [-0.39, 0.29) is 0 Å². The number of benzene rings is 1. The molecule has 0 aliphatic heterocycles. The average Bonchev–Trinajstić information content (AvgIpc) is 2.37. The molecule has 18 heavy (non-hydrogen) atoms. The molecule has 0 saturated heterocycles. The summed E-state index contributed by atoms with van der Waals surface area (Å²) in [6, 6.07) is 10.2. The lowest BCUT2D eigenvalue weighted by molar-refractivity contribution is 0.199. The van der Waals surface area contributed by atoms with Crippen molar-refractivity contribution in [2.45, 2.75) is 30.6 Å². The van der Waals surface area contributed by atoms with E-state index in [1.165, 1.54) is 16.0 Å². The van der Waals surface area contributed by atoms with Crippen LogP contribution in [0.4, 0.5) is 0 Å². The summed E-state index contributed by atoms with van der Waals surface area (Å²) in [5.74, 6) is 0.901. The summed E-state index contributed by atoms with van der Waals surface area (Å²) in [5, 5.41) is 9.55. The summed E-state index contributed by atoms with van der Waals surface area (Å²) in [6.45, 7) is 3.84. The van der Waals surface area contributed by atoms with E-state index >= 15 is 0 Å². The number of aryl methyl sites for hydroxylation is 1. The predicted molar refractivity (Wildman–Crippen MR) is 75.6 cm³/mol. The fourth-order valence-corrected chi connectivity index (χ4v) is 2.61. The maximum atomic E-state index is 9.55. The van der Waals surface area contributed by atoms with Gasteiger partial charge in [0.25, 0.3) is 0 Å². The zero-order chi connectivity index (χ0) is 13.0. The van der Waals surface area contributed by atoms with Crippen molar-refractivity contribution in [3.8, 4) is 0 Å². The van der Waals surface area contributed by atoms with Gasteiger partial charge in [-0.3, -0.25) is 4.98 Å². The Morgan fingerprint density at radius 2 is 2.11 bits per heavy atom. The first kappa shape index (κ1) is 13.1. The lowest BCUT2D eigenvalue weighted by atomic mass is 10.1. The Morgan fingerprint density at radius 3 is 2.83 bits per heavy atom. The van der Waals surface area contributed by atoms with Gasteiger partial charge in [-0.25, -0.2) is 0 Å². The molecular formula is C15H17NOS. The Labute approximate surface area is 112 Å². The van der Waals surface area contributed by atoms with E-state index in [2.05, 4.69) is 24.0 Å². The Bertz CT molecular complexity index is 525. The molecule has 0 fully saturated rings. The van der Waals surface area contributed by atoms with Crippen molar-refractivity contribution < 1.29 is 5.11 Å². The number of thioether (sulfide) groups is 1. The molecule has 0 aliphatic carbocycles. The molecule has 94 valence electrons. The van der Waals surface area contributed by atoms with Gasteiger partial charge in [0.15, 0.2) is 0 Å². The summed E-state index contributed by atoms with van der Waals surface area (Å²) in [6.07, 6.45) is 3.35. The highest BCUT2D eigenvalue weighted by Crippen LogP contribution is 2.25. The van der Waals surface area contributed by atoms with Crippen LogP contribution in [0.2, 0.25) is 0 Å². The van der Waals surface area contributed by atoms with E-state index in [0.717, 1.165) is 11.3 Å². The van der Waals surface area contributed by atoms with E-state index in [0.29, 0.717) is 0 Å². The minimum Gasteiger partial charge on any atom is -0.389 e. The molecule has 1 atom stereocenters. The molecule has 1 aromatic carbocycles. The van der Waals surface area contributed by atoms with Crippen LogP contribution in [0, 0.1) is 6.92 Å². The van der Waals surface area contributed by atoms with Gasteiger partial charge in [-0.15, -0.1) is 11.8 Å². The van der Waals surface area contributed by atoms with E-state index in [1.54, 1.807) is 18.7 Å². The van der Waals surface area contributed by atoms with Gasteiger partial charge in [-0.2, -0.15) is 0 Å². The highest BCUT2D eigenvalue weighted by Gasteiger charge is 2.02. The summed E-state index contributed by atoms with van der Waals surface area (Å²) in [4.78, 5) is 5.36. The van der Waals surface area contributed by atoms with Crippen molar-refractivity contribution in [2.24, 2.45) is 0 Å². The number of hydrogen-bond acceptors (Lipinski definition) is 3. The zero-order valence-corrected chi connectivity index (χ0v) is 11.4. The smallest absolute Gasteiger partial charge is 0.0762 e. The van der Waals surface area contributed by atoms with E-state index in [4.69, 9.17) is 0 Å². The molecule has 2 aromatic rings. The number of hydrogen-bond donors (Lipinski definition) is 1. The molecule has 0 spiro atoms. The third-order valence-corrected chi connectivity index (χ3v) is 3.74. The largest absolute Gasteiger partial charge is 0.389 e. The van der Waals surface area contributed by atoms with Crippen molar-refractivity contribution in [1.82, 2.24) is 4.98 Å². The fourth-order valence-electron chi connectivity index (χ4n) is 1.73. The molecule has 2 nitrogen and oxygen atoms in total. The van der Waals surface area contributed by atoms with E-state index in [9.17, 15) is 5.11 Å². The summed E-state index contributed by atoms with van der Waals surface area (Å²) >= 11 is 1.76. The minimum atomic E-state index is -0.411. The molecular weight excluding hydrogens is 242 g/mol. The number of nitrogens with zero attached hydrogens (tertiary/aromatic N) is 1. The first-order valence-corrected chi connectivity index (χ1v) is 6.95. The third-order valence-electron chi connectivity index (χ3n) is 2.68. The van der Waals surface area contributed by atoms with Crippen LogP contribution in [0.5, 0.6) is 0 Å². The summed E-state index contributed by atoms with van der Waals surface area (Å²) in [5.41, 5.74) is 3.37. The Balaban J connectivity index is 2.04. The van der Waals surface area contributed by atoms with Crippen molar-refractivity contribution in [2.75, 3.05) is 0 Å². The molecule has 3 heteroatoms. The number of aliphatic hydroxyl groups is 1. The first-order valence-electron chi connectivity index (χ1n) is 5.96. The normalized spacial score (nSPS) is 12.4. The van der Waals surface area contributed by atoms with Gasteiger partial charge in [0.2, 0.25) is 0 Å². The zero-order valence-electron chi connectivity index (χ0n) is 10.6. The maximum absolute atomic E-state index is 9.55. The second-order valence-electron chi connectivity index (χ2n) is 4.41. The molecule has 2 rings (SSSR count). The maximum Gasteiger partial charge on any atom is 0.0762 e. The van der Waals surface area contributed by atoms with Gasteiger partial charge in [0, 0.05) is 23.0 Å². The molecule has 0 amide bonds. The van der Waals surface area contributed by atoms with Gasteiger partial charge >= 0.3 is 0 Å².